The lowest BCUT2D eigenvalue weighted by Gasteiger charge is -2.29. The van der Waals surface area contributed by atoms with Crippen molar-refractivity contribution >= 4 is 24.8 Å². The van der Waals surface area contributed by atoms with Crippen LogP contribution in [0.2, 0.25) is 0 Å². The molecule has 0 aromatic heterocycles. The molecule has 0 aliphatic heterocycles. The van der Waals surface area contributed by atoms with Gasteiger partial charge in [-0.3, -0.25) is 0 Å². The molecule has 0 radical (unpaired) electrons. The first kappa shape index (κ1) is 26.5. The van der Waals surface area contributed by atoms with Gasteiger partial charge < -0.3 is 10.6 Å². The molecule has 2 nitrogen and oxygen atoms in total. The van der Waals surface area contributed by atoms with E-state index in [1.165, 1.54) is 129 Å². The predicted octanol–water partition coefficient (Wildman–Crippen LogP) is 6.76. The molecular weight excluding hydrogens is 387 g/mol. The molecule has 3 rings (SSSR count). The third-order valence-corrected chi connectivity index (χ3v) is 7.74. The quantitative estimate of drug-likeness (QED) is 0.371. The minimum absolute atomic E-state index is 0. The zero-order valence-corrected chi connectivity index (χ0v) is 19.9. The summed E-state index contributed by atoms with van der Waals surface area (Å²) in [5.41, 5.74) is 0. The Morgan fingerprint density at radius 3 is 1.14 bits per heavy atom. The number of hydrogen-bond donors (Lipinski definition) is 2. The van der Waals surface area contributed by atoms with Gasteiger partial charge >= 0.3 is 0 Å². The molecule has 0 aromatic rings. The fourth-order valence-electron chi connectivity index (χ4n) is 5.82. The van der Waals surface area contributed by atoms with Crippen LogP contribution in [0.1, 0.15) is 103 Å². The van der Waals surface area contributed by atoms with Crippen LogP contribution in [0.25, 0.3) is 0 Å². The van der Waals surface area contributed by atoms with Crippen molar-refractivity contribution in [3.63, 3.8) is 0 Å². The molecule has 0 aromatic carbocycles. The van der Waals surface area contributed by atoms with Crippen LogP contribution < -0.4 is 10.6 Å². The summed E-state index contributed by atoms with van der Waals surface area (Å²) in [5, 5.41) is 7.58. The number of nitrogens with one attached hydrogen (secondary N) is 2. The van der Waals surface area contributed by atoms with Gasteiger partial charge in [-0.2, -0.15) is 0 Å². The van der Waals surface area contributed by atoms with Crippen LogP contribution in [0, 0.1) is 23.7 Å². The van der Waals surface area contributed by atoms with Gasteiger partial charge in [-0.05, 0) is 88.4 Å². The third kappa shape index (κ3) is 10.5. The summed E-state index contributed by atoms with van der Waals surface area (Å²) in [6.45, 7) is 5.11. The van der Waals surface area contributed by atoms with E-state index in [1.807, 2.05) is 0 Å². The van der Waals surface area contributed by atoms with Crippen molar-refractivity contribution in [2.75, 3.05) is 26.2 Å². The lowest BCUT2D eigenvalue weighted by Crippen LogP contribution is -2.32. The Hall–Kier alpha value is 0.500. The normalized spacial score (nSPS) is 27.0. The molecule has 0 saturated heterocycles. The maximum atomic E-state index is 3.79. The van der Waals surface area contributed by atoms with Gasteiger partial charge in [0.15, 0.2) is 0 Å². The van der Waals surface area contributed by atoms with E-state index in [0.717, 1.165) is 23.7 Å². The molecule has 0 atom stereocenters. The minimum atomic E-state index is 0. The molecule has 3 saturated carbocycles. The summed E-state index contributed by atoms with van der Waals surface area (Å²) in [6, 6.07) is 0. The molecule has 0 amide bonds. The van der Waals surface area contributed by atoms with Crippen LogP contribution in [0.5, 0.6) is 0 Å². The van der Waals surface area contributed by atoms with E-state index < -0.39 is 0 Å². The fraction of sp³-hybridized carbons (Fsp3) is 1.00. The number of rotatable bonds is 10. The van der Waals surface area contributed by atoms with E-state index >= 15 is 0 Å². The van der Waals surface area contributed by atoms with Crippen LogP contribution in [0.4, 0.5) is 0 Å². The Labute approximate surface area is 188 Å². The van der Waals surface area contributed by atoms with Crippen molar-refractivity contribution < 1.29 is 0 Å². The fourth-order valence-corrected chi connectivity index (χ4v) is 5.82. The van der Waals surface area contributed by atoms with E-state index in [-0.39, 0.29) is 24.8 Å². The molecule has 0 bridgehead atoms. The van der Waals surface area contributed by atoms with Crippen molar-refractivity contribution in [2.45, 2.75) is 103 Å². The van der Waals surface area contributed by atoms with Crippen LogP contribution in [-0.2, 0) is 0 Å². The average molecular weight is 436 g/mol. The lowest BCUT2D eigenvalue weighted by molar-refractivity contribution is 0.254. The molecule has 2 N–H and O–H groups in total. The monoisotopic (exact) mass is 434 g/mol. The lowest BCUT2D eigenvalue weighted by atomic mass is 9.81. The topological polar surface area (TPSA) is 24.1 Å². The third-order valence-electron chi connectivity index (χ3n) is 7.74. The van der Waals surface area contributed by atoms with Crippen LogP contribution in [0.3, 0.4) is 0 Å². The Kier molecular flexibility index (Phi) is 15.4. The Bertz CT molecular complexity index is 313. The number of hydrogen-bond acceptors (Lipinski definition) is 2. The smallest absolute Gasteiger partial charge is 0.00205 e. The van der Waals surface area contributed by atoms with Gasteiger partial charge in [0, 0.05) is 0 Å². The Morgan fingerprint density at radius 1 is 0.429 bits per heavy atom. The van der Waals surface area contributed by atoms with E-state index in [4.69, 9.17) is 0 Å². The first-order chi connectivity index (χ1) is 12.9. The van der Waals surface area contributed by atoms with Crippen molar-refractivity contribution in [3.05, 3.63) is 0 Å². The van der Waals surface area contributed by atoms with E-state index in [2.05, 4.69) is 10.6 Å². The molecule has 4 heteroatoms. The molecule has 3 fully saturated rings. The van der Waals surface area contributed by atoms with Gasteiger partial charge in [-0.15, -0.1) is 24.8 Å². The summed E-state index contributed by atoms with van der Waals surface area (Å²) >= 11 is 0. The second-order valence-corrected chi connectivity index (χ2v) is 9.88. The van der Waals surface area contributed by atoms with E-state index in [9.17, 15) is 0 Å². The molecule has 0 unspecified atom stereocenters. The summed E-state index contributed by atoms with van der Waals surface area (Å²) in [6.07, 6.45) is 23.7. The summed E-state index contributed by atoms with van der Waals surface area (Å²) in [5.74, 6) is 3.98. The SMILES string of the molecule is C1CCC(CCNCC2CCC(CNCCC3CCCCC3)CC2)CC1.Cl.Cl. The van der Waals surface area contributed by atoms with Gasteiger partial charge in [0.2, 0.25) is 0 Å². The summed E-state index contributed by atoms with van der Waals surface area (Å²) in [7, 11) is 0. The average Bonchev–Trinajstić information content (AvgIpc) is 2.71. The van der Waals surface area contributed by atoms with Gasteiger partial charge in [0.05, 0.1) is 0 Å². The molecule has 3 aliphatic rings. The second-order valence-electron chi connectivity index (χ2n) is 9.88. The van der Waals surface area contributed by atoms with Crippen LogP contribution in [0.15, 0.2) is 0 Å². The minimum Gasteiger partial charge on any atom is -0.316 e. The largest absolute Gasteiger partial charge is 0.316 e. The highest BCUT2D eigenvalue weighted by Crippen LogP contribution is 2.29. The highest BCUT2D eigenvalue weighted by Gasteiger charge is 2.21. The summed E-state index contributed by atoms with van der Waals surface area (Å²) < 4.78 is 0. The number of halogens is 2. The first-order valence-corrected chi connectivity index (χ1v) is 12.3. The van der Waals surface area contributed by atoms with Gasteiger partial charge in [0.25, 0.3) is 0 Å². The summed E-state index contributed by atoms with van der Waals surface area (Å²) in [4.78, 5) is 0. The molecule has 0 heterocycles. The van der Waals surface area contributed by atoms with Crippen molar-refractivity contribution in [1.82, 2.24) is 10.6 Å². The first-order valence-electron chi connectivity index (χ1n) is 12.3. The highest BCUT2D eigenvalue weighted by atomic mass is 35.5. The zero-order chi connectivity index (χ0) is 17.9. The van der Waals surface area contributed by atoms with Crippen molar-refractivity contribution in [2.24, 2.45) is 23.7 Å². The van der Waals surface area contributed by atoms with Gasteiger partial charge in [-0.25, -0.2) is 0 Å². The molecule has 168 valence electrons. The standard InChI is InChI=1S/C24H46N2.2ClH/c1-3-7-21(8-4-1)15-17-25-19-23-11-13-24(14-12-23)20-26-18-16-22-9-5-2-6-10-22;;/h21-26H,1-20H2;2*1H. The van der Waals surface area contributed by atoms with Crippen LogP contribution >= 0.6 is 24.8 Å². The van der Waals surface area contributed by atoms with Crippen molar-refractivity contribution in [1.29, 1.82) is 0 Å². The van der Waals surface area contributed by atoms with Gasteiger partial charge in [-0.1, -0.05) is 64.2 Å². The molecular formula is C24H48Cl2N2. The molecule has 3 aliphatic carbocycles. The maximum absolute atomic E-state index is 3.79. The Balaban J connectivity index is 0.00000196. The maximum Gasteiger partial charge on any atom is -0.00205 e. The van der Waals surface area contributed by atoms with E-state index in [0.29, 0.717) is 0 Å². The molecule has 28 heavy (non-hydrogen) atoms. The Morgan fingerprint density at radius 2 is 0.786 bits per heavy atom. The van der Waals surface area contributed by atoms with E-state index in [1.54, 1.807) is 0 Å². The highest BCUT2D eigenvalue weighted by molar-refractivity contribution is 5.85. The zero-order valence-electron chi connectivity index (χ0n) is 18.3. The predicted molar refractivity (Wildman–Crippen MR) is 128 cm³/mol. The van der Waals surface area contributed by atoms with Gasteiger partial charge in [0.1, 0.15) is 0 Å². The molecule has 0 spiro atoms. The van der Waals surface area contributed by atoms with Crippen LogP contribution in [-0.4, -0.2) is 26.2 Å². The van der Waals surface area contributed by atoms with Crippen molar-refractivity contribution in [3.8, 4) is 0 Å². The second kappa shape index (κ2) is 16.2.